The van der Waals surface area contributed by atoms with E-state index < -0.39 is 0 Å². The standard InChI is InChI=1S/C17H26N2O2/c1-3-16(15-6-4-13(2)5-7-15)18-17(21)19-10-8-14(12-20)9-11-19/h4-7,14,16,20H,3,8-12H2,1-2H3,(H,18,21). The largest absolute Gasteiger partial charge is 0.396 e. The molecule has 21 heavy (non-hydrogen) atoms. The van der Waals surface area contributed by atoms with Crippen molar-refractivity contribution in [2.24, 2.45) is 5.92 Å². The van der Waals surface area contributed by atoms with Crippen LogP contribution in [0.15, 0.2) is 24.3 Å². The molecule has 2 amide bonds. The Labute approximate surface area is 127 Å². The molecule has 0 saturated carbocycles. The summed E-state index contributed by atoms with van der Waals surface area (Å²) in [6.07, 6.45) is 2.67. The van der Waals surface area contributed by atoms with Crippen LogP contribution in [-0.2, 0) is 0 Å². The Morgan fingerprint density at radius 3 is 2.48 bits per heavy atom. The lowest BCUT2D eigenvalue weighted by Crippen LogP contribution is -2.45. The van der Waals surface area contributed by atoms with Gasteiger partial charge in [0.25, 0.3) is 0 Å². The van der Waals surface area contributed by atoms with E-state index in [-0.39, 0.29) is 18.7 Å². The molecular weight excluding hydrogens is 264 g/mol. The number of hydrogen-bond donors (Lipinski definition) is 2. The molecular formula is C17H26N2O2. The van der Waals surface area contributed by atoms with Crippen LogP contribution < -0.4 is 5.32 Å². The molecule has 0 aromatic heterocycles. The Hall–Kier alpha value is -1.55. The van der Waals surface area contributed by atoms with E-state index in [2.05, 4.69) is 43.4 Å². The number of benzene rings is 1. The summed E-state index contributed by atoms with van der Waals surface area (Å²) < 4.78 is 0. The van der Waals surface area contributed by atoms with Gasteiger partial charge in [-0.25, -0.2) is 4.79 Å². The van der Waals surface area contributed by atoms with Crippen LogP contribution in [0, 0.1) is 12.8 Å². The molecule has 1 heterocycles. The Morgan fingerprint density at radius 2 is 1.95 bits per heavy atom. The first-order chi connectivity index (χ1) is 10.1. The van der Waals surface area contributed by atoms with Gasteiger partial charge in [-0.05, 0) is 37.7 Å². The number of aliphatic hydroxyl groups excluding tert-OH is 1. The molecule has 2 rings (SSSR count). The fourth-order valence-corrected chi connectivity index (χ4v) is 2.78. The SMILES string of the molecule is CCC(NC(=O)N1CCC(CO)CC1)c1ccc(C)cc1. The number of amides is 2. The summed E-state index contributed by atoms with van der Waals surface area (Å²) in [5.41, 5.74) is 2.38. The highest BCUT2D eigenvalue weighted by Crippen LogP contribution is 2.20. The van der Waals surface area contributed by atoms with E-state index in [0.29, 0.717) is 5.92 Å². The number of rotatable bonds is 4. The summed E-state index contributed by atoms with van der Waals surface area (Å²) in [4.78, 5) is 14.2. The molecule has 1 atom stereocenters. The van der Waals surface area contributed by atoms with Crippen LogP contribution in [0.5, 0.6) is 0 Å². The van der Waals surface area contributed by atoms with Crippen molar-refractivity contribution < 1.29 is 9.90 Å². The Bertz CT molecular complexity index is 450. The van der Waals surface area contributed by atoms with Gasteiger partial charge in [-0.3, -0.25) is 0 Å². The van der Waals surface area contributed by atoms with E-state index in [9.17, 15) is 4.79 Å². The van der Waals surface area contributed by atoms with E-state index in [1.807, 2.05) is 4.90 Å². The van der Waals surface area contributed by atoms with Gasteiger partial charge in [-0.2, -0.15) is 0 Å². The molecule has 4 heteroatoms. The third-order valence-corrected chi connectivity index (χ3v) is 4.35. The smallest absolute Gasteiger partial charge is 0.317 e. The maximum Gasteiger partial charge on any atom is 0.317 e. The average molecular weight is 290 g/mol. The van der Waals surface area contributed by atoms with E-state index in [1.165, 1.54) is 5.56 Å². The highest BCUT2D eigenvalue weighted by Gasteiger charge is 2.23. The minimum Gasteiger partial charge on any atom is -0.396 e. The van der Waals surface area contributed by atoms with Gasteiger partial charge in [-0.1, -0.05) is 36.8 Å². The number of nitrogens with zero attached hydrogens (tertiary/aromatic N) is 1. The molecule has 1 fully saturated rings. The lowest BCUT2D eigenvalue weighted by molar-refractivity contribution is 0.135. The average Bonchev–Trinajstić information content (AvgIpc) is 2.53. The third-order valence-electron chi connectivity index (χ3n) is 4.35. The number of aliphatic hydroxyl groups is 1. The molecule has 4 nitrogen and oxygen atoms in total. The predicted octanol–water partition coefficient (Wildman–Crippen LogP) is 2.86. The Kier molecular flexibility index (Phi) is 5.62. The molecule has 2 N–H and O–H groups in total. The fourth-order valence-electron chi connectivity index (χ4n) is 2.78. The summed E-state index contributed by atoms with van der Waals surface area (Å²) in [6.45, 7) is 5.86. The number of piperidine rings is 1. The Morgan fingerprint density at radius 1 is 1.33 bits per heavy atom. The van der Waals surface area contributed by atoms with Gasteiger partial charge >= 0.3 is 6.03 Å². The first-order valence-electron chi connectivity index (χ1n) is 7.87. The van der Waals surface area contributed by atoms with Crippen molar-refractivity contribution in [3.05, 3.63) is 35.4 Å². The summed E-state index contributed by atoms with van der Waals surface area (Å²) in [7, 11) is 0. The summed E-state index contributed by atoms with van der Waals surface area (Å²) in [5, 5.41) is 12.3. The minimum absolute atomic E-state index is 0.0128. The van der Waals surface area contributed by atoms with Crippen LogP contribution in [0.1, 0.15) is 43.4 Å². The van der Waals surface area contributed by atoms with Gasteiger partial charge in [0, 0.05) is 19.7 Å². The quantitative estimate of drug-likeness (QED) is 0.896. The van der Waals surface area contributed by atoms with Crippen LogP contribution in [0.2, 0.25) is 0 Å². The summed E-state index contributed by atoms with van der Waals surface area (Å²) in [6, 6.07) is 8.41. The zero-order valence-electron chi connectivity index (χ0n) is 13.0. The van der Waals surface area contributed by atoms with Crippen molar-refractivity contribution in [3.63, 3.8) is 0 Å². The van der Waals surface area contributed by atoms with Crippen LogP contribution in [0.3, 0.4) is 0 Å². The van der Waals surface area contributed by atoms with Crippen LogP contribution in [0.4, 0.5) is 4.79 Å². The number of urea groups is 1. The molecule has 0 aliphatic carbocycles. The van der Waals surface area contributed by atoms with Crippen LogP contribution >= 0.6 is 0 Å². The zero-order chi connectivity index (χ0) is 15.2. The molecule has 0 bridgehead atoms. The first kappa shape index (κ1) is 15.8. The van der Waals surface area contributed by atoms with Crippen molar-refractivity contribution in [2.45, 2.75) is 39.2 Å². The molecule has 0 spiro atoms. The lowest BCUT2D eigenvalue weighted by atomic mass is 9.98. The van der Waals surface area contributed by atoms with Gasteiger partial charge in [0.15, 0.2) is 0 Å². The number of likely N-dealkylation sites (tertiary alicyclic amines) is 1. The monoisotopic (exact) mass is 290 g/mol. The van der Waals surface area contributed by atoms with Crippen molar-refractivity contribution in [2.75, 3.05) is 19.7 Å². The molecule has 1 saturated heterocycles. The third kappa shape index (κ3) is 4.21. The second-order valence-electron chi connectivity index (χ2n) is 5.93. The molecule has 1 unspecified atom stereocenters. The number of nitrogens with one attached hydrogen (secondary N) is 1. The fraction of sp³-hybridized carbons (Fsp3) is 0.588. The predicted molar refractivity (Wildman–Crippen MR) is 84.1 cm³/mol. The number of aryl methyl sites for hydroxylation is 1. The molecule has 1 aliphatic heterocycles. The molecule has 1 aliphatic rings. The van der Waals surface area contributed by atoms with Gasteiger partial charge in [0.05, 0.1) is 6.04 Å². The number of carbonyl (C=O) groups excluding carboxylic acids is 1. The maximum atomic E-state index is 12.4. The molecule has 1 aromatic carbocycles. The van der Waals surface area contributed by atoms with Crippen molar-refractivity contribution in [1.29, 1.82) is 0 Å². The summed E-state index contributed by atoms with van der Waals surface area (Å²) >= 11 is 0. The van der Waals surface area contributed by atoms with Gasteiger partial charge in [0.2, 0.25) is 0 Å². The molecule has 0 radical (unpaired) electrons. The maximum absolute atomic E-state index is 12.4. The second kappa shape index (κ2) is 7.46. The van der Waals surface area contributed by atoms with Crippen LogP contribution in [-0.4, -0.2) is 35.7 Å². The molecule has 116 valence electrons. The second-order valence-corrected chi connectivity index (χ2v) is 5.93. The van der Waals surface area contributed by atoms with Crippen molar-refractivity contribution in [3.8, 4) is 0 Å². The van der Waals surface area contributed by atoms with E-state index in [1.54, 1.807) is 0 Å². The highest BCUT2D eigenvalue weighted by molar-refractivity contribution is 5.74. The first-order valence-corrected chi connectivity index (χ1v) is 7.87. The topological polar surface area (TPSA) is 52.6 Å². The van der Waals surface area contributed by atoms with Gasteiger partial charge in [0.1, 0.15) is 0 Å². The Balaban J connectivity index is 1.92. The number of hydrogen-bond acceptors (Lipinski definition) is 2. The minimum atomic E-state index is 0.0128. The normalized spacial score (nSPS) is 17.6. The van der Waals surface area contributed by atoms with Crippen molar-refractivity contribution in [1.82, 2.24) is 10.2 Å². The zero-order valence-corrected chi connectivity index (χ0v) is 13.0. The van der Waals surface area contributed by atoms with Gasteiger partial charge < -0.3 is 15.3 Å². The number of carbonyl (C=O) groups is 1. The van der Waals surface area contributed by atoms with Crippen LogP contribution in [0.25, 0.3) is 0 Å². The van der Waals surface area contributed by atoms with Gasteiger partial charge in [-0.15, -0.1) is 0 Å². The van der Waals surface area contributed by atoms with E-state index >= 15 is 0 Å². The van der Waals surface area contributed by atoms with E-state index in [0.717, 1.165) is 37.9 Å². The molecule has 1 aromatic rings. The van der Waals surface area contributed by atoms with Crippen molar-refractivity contribution >= 4 is 6.03 Å². The van der Waals surface area contributed by atoms with E-state index in [4.69, 9.17) is 5.11 Å². The highest BCUT2D eigenvalue weighted by atomic mass is 16.3. The summed E-state index contributed by atoms with van der Waals surface area (Å²) in [5.74, 6) is 0.355. The lowest BCUT2D eigenvalue weighted by Gasteiger charge is -2.32.